The van der Waals surface area contributed by atoms with Crippen LogP contribution in [0.25, 0.3) is 5.69 Å². The molecule has 1 saturated heterocycles. The van der Waals surface area contributed by atoms with Crippen molar-refractivity contribution >= 4 is 24.1 Å². The molecule has 25 heavy (non-hydrogen) atoms. The highest BCUT2D eigenvalue weighted by molar-refractivity contribution is 5.92. The Kier molecular flexibility index (Phi) is 6.62. The third kappa shape index (κ3) is 4.61. The molecule has 1 atom stereocenters. The first-order chi connectivity index (χ1) is 11.5. The zero-order valence-corrected chi connectivity index (χ0v) is 15.9. The standard InChI is InChI=1S/C19H26N4O.ClH/c1-13(2)17-11-18(21-19(24)15-5-4-10-20-12-15)23(22-17)16-8-6-14(3)7-9-16;/h6-9,11,13,15,20H,4-5,10,12H2,1-3H3,(H,21,24);1H. The molecule has 5 nitrogen and oxygen atoms in total. The van der Waals surface area contributed by atoms with Gasteiger partial charge in [-0.05, 0) is 44.4 Å². The van der Waals surface area contributed by atoms with Gasteiger partial charge in [0, 0.05) is 12.6 Å². The molecule has 0 spiro atoms. The van der Waals surface area contributed by atoms with Crippen molar-refractivity contribution in [1.29, 1.82) is 0 Å². The summed E-state index contributed by atoms with van der Waals surface area (Å²) in [6, 6.07) is 10.2. The summed E-state index contributed by atoms with van der Waals surface area (Å²) in [6.07, 6.45) is 1.99. The van der Waals surface area contributed by atoms with Gasteiger partial charge in [-0.3, -0.25) is 4.79 Å². The lowest BCUT2D eigenvalue weighted by Crippen LogP contribution is -2.37. The molecule has 1 aromatic carbocycles. The lowest BCUT2D eigenvalue weighted by molar-refractivity contribution is -0.120. The maximum absolute atomic E-state index is 12.6. The number of nitrogens with zero attached hydrogens (tertiary/aromatic N) is 2. The van der Waals surface area contributed by atoms with Crippen molar-refractivity contribution in [2.24, 2.45) is 5.92 Å². The molecule has 2 heterocycles. The summed E-state index contributed by atoms with van der Waals surface area (Å²) in [5.41, 5.74) is 3.14. The van der Waals surface area contributed by atoms with Gasteiger partial charge in [-0.2, -0.15) is 5.10 Å². The summed E-state index contributed by atoms with van der Waals surface area (Å²) in [7, 11) is 0. The molecule has 3 rings (SSSR count). The van der Waals surface area contributed by atoms with Crippen molar-refractivity contribution in [1.82, 2.24) is 15.1 Å². The molecular weight excluding hydrogens is 336 g/mol. The first kappa shape index (κ1) is 19.5. The Labute approximate surface area is 155 Å². The van der Waals surface area contributed by atoms with Crippen LogP contribution >= 0.6 is 12.4 Å². The molecule has 1 unspecified atom stereocenters. The summed E-state index contributed by atoms with van der Waals surface area (Å²) in [5, 5.41) is 11.1. The Morgan fingerprint density at radius 3 is 2.64 bits per heavy atom. The predicted molar refractivity (Wildman–Crippen MR) is 104 cm³/mol. The van der Waals surface area contributed by atoms with Crippen molar-refractivity contribution in [3.63, 3.8) is 0 Å². The van der Waals surface area contributed by atoms with E-state index in [2.05, 4.69) is 43.5 Å². The third-order valence-electron chi connectivity index (χ3n) is 4.52. The van der Waals surface area contributed by atoms with Crippen molar-refractivity contribution in [2.75, 3.05) is 18.4 Å². The predicted octanol–water partition coefficient (Wildman–Crippen LogP) is 3.66. The second-order valence-corrected chi connectivity index (χ2v) is 6.89. The largest absolute Gasteiger partial charge is 0.316 e. The maximum atomic E-state index is 12.6. The molecule has 2 N–H and O–H groups in total. The van der Waals surface area contributed by atoms with E-state index in [1.807, 2.05) is 22.9 Å². The molecule has 1 fully saturated rings. The Balaban J connectivity index is 0.00000225. The van der Waals surface area contributed by atoms with E-state index in [1.165, 1.54) is 5.56 Å². The monoisotopic (exact) mass is 362 g/mol. The number of carbonyl (C=O) groups excluding carboxylic acids is 1. The van der Waals surface area contributed by atoms with E-state index in [1.54, 1.807) is 0 Å². The zero-order chi connectivity index (χ0) is 17.1. The Hall–Kier alpha value is -1.85. The summed E-state index contributed by atoms with van der Waals surface area (Å²) in [6.45, 7) is 8.03. The zero-order valence-electron chi connectivity index (χ0n) is 15.1. The lowest BCUT2D eigenvalue weighted by atomic mass is 9.99. The second kappa shape index (κ2) is 8.50. The molecule has 1 aliphatic heterocycles. The SMILES string of the molecule is Cc1ccc(-n2nc(C(C)C)cc2NC(=O)C2CCCNC2)cc1.Cl. The Morgan fingerprint density at radius 2 is 2.04 bits per heavy atom. The minimum absolute atomic E-state index is 0. The maximum Gasteiger partial charge on any atom is 0.229 e. The van der Waals surface area contributed by atoms with E-state index < -0.39 is 0 Å². The van der Waals surface area contributed by atoms with Gasteiger partial charge in [-0.15, -0.1) is 12.4 Å². The smallest absolute Gasteiger partial charge is 0.229 e. The normalized spacial score (nSPS) is 17.2. The van der Waals surface area contributed by atoms with Crippen LogP contribution in [0.1, 0.15) is 43.9 Å². The van der Waals surface area contributed by atoms with Crippen LogP contribution in [0.5, 0.6) is 0 Å². The highest BCUT2D eigenvalue weighted by atomic mass is 35.5. The molecule has 1 aliphatic rings. The van der Waals surface area contributed by atoms with Gasteiger partial charge < -0.3 is 10.6 Å². The van der Waals surface area contributed by atoms with E-state index in [4.69, 9.17) is 5.10 Å². The number of anilines is 1. The van der Waals surface area contributed by atoms with Crippen molar-refractivity contribution in [2.45, 2.75) is 39.5 Å². The molecule has 0 bridgehead atoms. The van der Waals surface area contributed by atoms with Gasteiger partial charge in [0.1, 0.15) is 5.82 Å². The average Bonchev–Trinajstić information content (AvgIpc) is 3.00. The van der Waals surface area contributed by atoms with Gasteiger partial charge in [-0.25, -0.2) is 4.68 Å². The van der Waals surface area contributed by atoms with Crippen LogP contribution in [0, 0.1) is 12.8 Å². The number of rotatable bonds is 4. The number of aryl methyl sites for hydroxylation is 1. The van der Waals surface area contributed by atoms with Crippen LogP contribution < -0.4 is 10.6 Å². The third-order valence-corrected chi connectivity index (χ3v) is 4.52. The van der Waals surface area contributed by atoms with Crippen LogP contribution in [0.15, 0.2) is 30.3 Å². The second-order valence-electron chi connectivity index (χ2n) is 6.89. The molecule has 0 radical (unpaired) electrons. The van der Waals surface area contributed by atoms with E-state index in [0.717, 1.165) is 43.1 Å². The number of carbonyl (C=O) groups is 1. The summed E-state index contributed by atoms with van der Waals surface area (Å²) in [5.74, 6) is 1.16. The van der Waals surface area contributed by atoms with Crippen molar-refractivity contribution in [3.8, 4) is 5.69 Å². The molecule has 1 amide bonds. The highest BCUT2D eigenvalue weighted by Crippen LogP contribution is 2.23. The number of hydrogen-bond acceptors (Lipinski definition) is 3. The molecular formula is C19H27ClN4O. The van der Waals surface area contributed by atoms with Crippen LogP contribution in [-0.4, -0.2) is 28.8 Å². The quantitative estimate of drug-likeness (QED) is 0.872. The first-order valence-corrected chi connectivity index (χ1v) is 8.73. The molecule has 1 aromatic heterocycles. The Morgan fingerprint density at radius 1 is 1.32 bits per heavy atom. The molecule has 0 saturated carbocycles. The van der Waals surface area contributed by atoms with E-state index in [9.17, 15) is 4.79 Å². The van der Waals surface area contributed by atoms with Crippen LogP contribution in [0.3, 0.4) is 0 Å². The fourth-order valence-corrected chi connectivity index (χ4v) is 2.96. The molecule has 6 heteroatoms. The lowest BCUT2D eigenvalue weighted by Gasteiger charge is -2.22. The number of halogens is 1. The number of amides is 1. The van der Waals surface area contributed by atoms with E-state index in [-0.39, 0.29) is 24.2 Å². The molecule has 0 aliphatic carbocycles. The van der Waals surface area contributed by atoms with E-state index in [0.29, 0.717) is 5.92 Å². The van der Waals surface area contributed by atoms with Gasteiger partial charge in [-0.1, -0.05) is 31.5 Å². The number of nitrogens with one attached hydrogen (secondary N) is 2. The number of piperidine rings is 1. The molecule has 2 aromatic rings. The van der Waals surface area contributed by atoms with Gasteiger partial charge >= 0.3 is 0 Å². The van der Waals surface area contributed by atoms with E-state index >= 15 is 0 Å². The summed E-state index contributed by atoms with van der Waals surface area (Å²) in [4.78, 5) is 12.6. The van der Waals surface area contributed by atoms with Crippen LogP contribution in [0.4, 0.5) is 5.82 Å². The van der Waals surface area contributed by atoms with Crippen LogP contribution in [-0.2, 0) is 4.79 Å². The average molecular weight is 363 g/mol. The van der Waals surface area contributed by atoms with Gasteiger partial charge in [0.15, 0.2) is 0 Å². The molecule has 136 valence electrons. The van der Waals surface area contributed by atoms with Crippen LogP contribution in [0.2, 0.25) is 0 Å². The fraction of sp³-hybridized carbons (Fsp3) is 0.474. The summed E-state index contributed by atoms with van der Waals surface area (Å²) >= 11 is 0. The number of benzene rings is 1. The van der Waals surface area contributed by atoms with Crippen molar-refractivity contribution < 1.29 is 4.79 Å². The van der Waals surface area contributed by atoms with Crippen molar-refractivity contribution in [3.05, 3.63) is 41.6 Å². The van der Waals surface area contributed by atoms with Gasteiger partial charge in [0.05, 0.1) is 17.3 Å². The topological polar surface area (TPSA) is 59.0 Å². The first-order valence-electron chi connectivity index (χ1n) is 8.73. The fourth-order valence-electron chi connectivity index (χ4n) is 2.96. The summed E-state index contributed by atoms with van der Waals surface area (Å²) < 4.78 is 1.84. The van der Waals surface area contributed by atoms with Gasteiger partial charge in [0.25, 0.3) is 0 Å². The minimum atomic E-state index is 0. The number of hydrogen-bond donors (Lipinski definition) is 2. The van der Waals surface area contributed by atoms with Gasteiger partial charge in [0.2, 0.25) is 5.91 Å². The number of aromatic nitrogens is 2. The highest BCUT2D eigenvalue weighted by Gasteiger charge is 2.23. The minimum Gasteiger partial charge on any atom is -0.316 e. The Bertz CT molecular complexity index is 703.